The molecule has 1 atom stereocenters. The highest BCUT2D eigenvalue weighted by molar-refractivity contribution is 5.87. The molecule has 2 rings (SSSR count). The van der Waals surface area contributed by atoms with E-state index >= 15 is 0 Å². The number of hydrogen-bond donors (Lipinski definition) is 1. The molecule has 114 valence electrons. The van der Waals surface area contributed by atoms with Crippen LogP contribution in [0, 0.1) is 0 Å². The molecule has 0 saturated carbocycles. The minimum absolute atomic E-state index is 0.0838. The lowest BCUT2D eigenvalue weighted by atomic mass is 10.0. The van der Waals surface area contributed by atoms with Crippen LogP contribution in [0.25, 0.3) is 0 Å². The van der Waals surface area contributed by atoms with Crippen LogP contribution in [0.4, 0.5) is 0 Å². The maximum absolute atomic E-state index is 11.9. The molecule has 1 aliphatic heterocycles. The van der Waals surface area contributed by atoms with Gasteiger partial charge in [0.15, 0.2) is 0 Å². The zero-order valence-electron chi connectivity index (χ0n) is 12.5. The van der Waals surface area contributed by atoms with Crippen molar-refractivity contribution in [3.8, 4) is 0 Å². The Morgan fingerprint density at radius 1 is 1.33 bits per heavy atom. The molecule has 2 aliphatic rings. The lowest BCUT2D eigenvalue weighted by Crippen LogP contribution is -2.34. The first-order chi connectivity index (χ1) is 10.2. The average molecular weight is 289 g/mol. The van der Waals surface area contributed by atoms with Crippen LogP contribution in [0.15, 0.2) is 47.8 Å². The number of amides is 1. The van der Waals surface area contributed by atoms with E-state index in [1.807, 2.05) is 29.2 Å². The molecule has 21 heavy (non-hydrogen) atoms. The Morgan fingerprint density at radius 2 is 2.10 bits per heavy atom. The molecular formula is C17H23NO3. The molecule has 0 aromatic heterocycles. The Morgan fingerprint density at radius 3 is 2.81 bits per heavy atom. The Hall–Kier alpha value is -1.81. The number of hydrogen-bond acceptors (Lipinski definition) is 3. The van der Waals surface area contributed by atoms with Crippen LogP contribution < -0.4 is 0 Å². The maximum atomic E-state index is 11.9. The van der Waals surface area contributed by atoms with Crippen LogP contribution in [0.5, 0.6) is 0 Å². The average Bonchev–Trinajstić information content (AvgIpc) is 2.53. The van der Waals surface area contributed by atoms with Crippen LogP contribution in [0.2, 0.25) is 0 Å². The van der Waals surface area contributed by atoms with Gasteiger partial charge in [0.2, 0.25) is 5.91 Å². The second-order valence-electron chi connectivity index (χ2n) is 5.31. The van der Waals surface area contributed by atoms with E-state index in [-0.39, 0.29) is 5.91 Å². The van der Waals surface area contributed by atoms with Crippen LogP contribution in [0.1, 0.15) is 25.7 Å². The number of ether oxygens (including phenoxy) is 1. The van der Waals surface area contributed by atoms with E-state index in [2.05, 4.69) is 0 Å². The van der Waals surface area contributed by atoms with Crippen molar-refractivity contribution >= 4 is 5.91 Å². The largest absolute Gasteiger partial charge is 0.498 e. The number of allylic oxidation sites excluding steroid dienone is 5. The van der Waals surface area contributed by atoms with E-state index < -0.39 is 6.10 Å². The van der Waals surface area contributed by atoms with Crippen molar-refractivity contribution in [3.05, 3.63) is 47.8 Å². The summed E-state index contributed by atoms with van der Waals surface area (Å²) in [6.07, 6.45) is 14.3. The summed E-state index contributed by atoms with van der Waals surface area (Å²) in [4.78, 5) is 13.8. The monoisotopic (exact) mass is 289 g/mol. The number of methoxy groups -OCH3 is 1. The maximum Gasteiger partial charge on any atom is 0.246 e. The molecule has 0 aromatic carbocycles. The van der Waals surface area contributed by atoms with E-state index in [4.69, 9.17) is 4.74 Å². The standard InChI is InChI=1S/C17H23NO3/c1-21-16-13-14(9-10-15(16)19)7-3-4-8-17(20)18-11-5-2-6-12-18/h3-4,7-9,13,15,19H,2,5-6,10-12H2,1H3. The second kappa shape index (κ2) is 7.84. The second-order valence-corrected chi connectivity index (χ2v) is 5.31. The van der Waals surface area contributed by atoms with Gasteiger partial charge in [-0.05, 0) is 37.3 Å². The zero-order chi connectivity index (χ0) is 15.1. The van der Waals surface area contributed by atoms with Crippen molar-refractivity contribution in [2.24, 2.45) is 0 Å². The predicted molar refractivity (Wildman–Crippen MR) is 82.5 cm³/mol. The first kappa shape index (κ1) is 15.6. The summed E-state index contributed by atoms with van der Waals surface area (Å²) in [5.74, 6) is 0.658. The molecule has 0 radical (unpaired) electrons. The molecule has 0 aromatic rings. The first-order valence-electron chi connectivity index (χ1n) is 7.48. The summed E-state index contributed by atoms with van der Waals surface area (Å²) >= 11 is 0. The van der Waals surface area contributed by atoms with E-state index in [1.54, 1.807) is 19.3 Å². The van der Waals surface area contributed by atoms with Crippen molar-refractivity contribution in [1.29, 1.82) is 0 Å². The topological polar surface area (TPSA) is 49.8 Å². The minimum atomic E-state index is -0.552. The fourth-order valence-corrected chi connectivity index (χ4v) is 2.52. The third-order valence-electron chi connectivity index (χ3n) is 3.76. The van der Waals surface area contributed by atoms with Gasteiger partial charge >= 0.3 is 0 Å². The molecule has 4 heteroatoms. The number of likely N-dealkylation sites (tertiary alicyclic amines) is 1. The molecule has 1 N–H and O–H groups in total. The number of carbonyl (C=O) groups is 1. The Kier molecular flexibility index (Phi) is 5.81. The number of piperidine rings is 1. The van der Waals surface area contributed by atoms with Gasteiger partial charge in [0, 0.05) is 19.2 Å². The highest BCUT2D eigenvalue weighted by Crippen LogP contribution is 2.19. The fourth-order valence-electron chi connectivity index (χ4n) is 2.52. The molecule has 1 amide bonds. The number of aliphatic hydroxyl groups excluding tert-OH is 1. The van der Waals surface area contributed by atoms with Crippen LogP contribution in [-0.2, 0) is 9.53 Å². The summed E-state index contributed by atoms with van der Waals surface area (Å²) in [6, 6.07) is 0. The summed E-state index contributed by atoms with van der Waals surface area (Å²) < 4.78 is 5.12. The van der Waals surface area contributed by atoms with E-state index in [0.29, 0.717) is 12.2 Å². The Bertz CT molecular complexity index is 482. The molecule has 1 aliphatic carbocycles. The normalized spacial score (nSPS) is 23.3. The number of carbonyl (C=O) groups excluding carboxylic acids is 1. The molecule has 0 bridgehead atoms. The summed E-state index contributed by atoms with van der Waals surface area (Å²) in [7, 11) is 1.55. The van der Waals surface area contributed by atoms with Gasteiger partial charge in [-0.3, -0.25) is 4.79 Å². The molecular weight excluding hydrogens is 266 g/mol. The summed E-state index contributed by atoms with van der Waals surface area (Å²) in [5, 5.41) is 9.65. The Balaban J connectivity index is 1.86. The van der Waals surface area contributed by atoms with Crippen LogP contribution in [0.3, 0.4) is 0 Å². The highest BCUT2D eigenvalue weighted by atomic mass is 16.5. The van der Waals surface area contributed by atoms with Gasteiger partial charge in [-0.15, -0.1) is 0 Å². The molecule has 4 nitrogen and oxygen atoms in total. The number of aliphatic hydroxyl groups is 1. The lowest BCUT2D eigenvalue weighted by molar-refractivity contribution is -0.126. The number of rotatable bonds is 4. The van der Waals surface area contributed by atoms with E-state index in [0.717, 1.165) is 31.5 Å². The quantitative estimate of drug-likeness (QED) is 0.638. The van der Waals surface area contributed by atoms with Crippen molar-refractivity contribution in [3.63, 3.8) is 0 Å². The highest BCUT2D eigenvalue weighted by Gasteiger charge is 2.14. The van der Waals surface area contributed by atoms with Gasteiger partial charge in [-0.25, -0.2) is 0 Å². The van der Waals surface area contributed by atoms with Crippen LogP contribution >= 0.6 is 0 Å². The van der Waals surface area contributed by atoms with Gasteiger partial charge in [0.1, 0.15) is 11.9 Å². The van der Waals surface area contributed by atoms with Crippen LogP contribution in [-0.4, -0.2) is 42.2 Å². The van der Waals surface area contributed by atoms with E-state index in [1.165, 1.54) is 6.42 Å². The van der Waals surface area contributed by atoms with Crippen molar-refractivity contribution in [1.82, 2.24) is 4.90 Å². The van der Waals surface area contributed by atoms with Crippen molar-refractivity contribution in [2.45, 2.75) is 31.8 Å². The lowest BCUT2D eigenvalue weighted by Gasteiger charge is -2.25. The Labute approximate surface area is 126 Å². The van der Waals surface area contributed by atoms with Crippen molar-refractivity contribution < 1.29 is 14.6 Å². The first-order valence-corrected chi connectivity index (χ1v) is 7.48. The van der Waals surface area contributed by atoms with Gasteiger partial charge in [0.25, 0.3) is 0 Å². The van der Waals surface area contributed by atoms with Gasteiger partial charge < -0.3 is 14.7 Å². The molecule has 0 spiro atoms. The van der Waals surface area contributed by atoms with Crippen molar-refractivity contribution in [2.75, 3.05) is 20.2 Å². The fraction of sp³-hybridized carbons (Fsp3) is 0.471. The SMILES string of the molecule is COC1=CC(C=CC=CC(=O)N2CCCCC2)=CCC1O. The third kappa shape index (κ3) is 4.60. The van der Waals surface area contributed by atoms with Gasteiger partial charge in [0.05, 0.1) is 7.11 Å². The minimum Gasteiger partial charge on any atom is -0.498 e. The van der Waals surface area contributed by atoms with Gasteiger partial charge in [-0.2, -0.15) is 0 Å². The zero-order valence-corrected chi connectivity index (χ0v) is 12.5. The smallest absolute Gasteiger partial charge is 0.246 e. The predicted octanol–water partition coefficient (Wildman–Crippen LogP) is 2.33. The summed E-state index contributed by atoms with van der Waals surface area (Å²) in [6.45, 7) is 1.74. The van der Waals surface area contributed by atoms with Gasteiger partial charge in [-0.1, -0.05) is 24.3 Å². The molecule has 1 unspecified atom stereocenters. The summed E-state index contributed by atoms with van der Waals surface area (Å²) in [5.41, 5.74) is 0.979. The number of nitrogens with zero attached hydrogens (tertiary/aromatic N) is 1. The molecule has 1 heterocycles. The van der Waals surface area contributed by atoms with E-state index in [9.17, 15) is 9.90 Å². The third-order valence-corrected chi connectivity index (χ3v) is 3.76. The molecule has 1 saturated heterocycles. The molecule has 1 fully saturated rings.